The lowest BCUT2D eigenvalue weighted by Crippen LogP contribution is -2.18. The first-order valence-electron chi connectivity index (χ1n) is 13.2. The average Bonchev–Trinajstić information content (AvgIpc) is 2.90. The number of ether oxygens (including phenoxy) is 2. The standard InChI is InChI=1S/C35H38O3/c1-34(2,3)29-21-17-27(18-22-29)31(25-13-9-7-10-14-25)37-33(36)38-32(26-15-11-8-12-16-26)28-19-23-30(24-20-28)35(4,5)6/h7-24,31-32H,1-6H3. The molecule has 0 amide bonds. The highest BCUT2D eigenvalue weighted by Crippen LogP contribution is 2.33. The van der Waals surface area contributed by atoms with Crippen molar-refractivity contribution in [2.75, 3.05) is 0 Å². The smallest absolute Gasteiger partial charge is 0.421 e. The van der Waals surface area contributed by atoms with Crippen molar-refractivity contribution in [3.05, 3.63) is 143 Å². The summed E-state index contributed by atoms with van der Waals surface area (Å²) in [5.41, 5.74) is 6.08. The molecular weight excluding hydrogens is 468 g/mol. The first-order valence-corrected chi connectivity index (χ1v) is 13.2. The van der Waals surface area contributed by atoms with Crippen molar-refractivity contribution in [1.29, 1.82) is 0 Å². The molecule has 0 aromatic heterocycles. The van der Waals surface area contributed by atoms with Crippen LogP contribution >= 0.6 is 0 Å². The lowest BCUT2D eigenvalue weighted by molar-refractivity contribution is 0.0166. The van der Waals surface area contributed by atoms with Crippen molar-refractivity contribution in [3.63, 3.8) is 0 Å². The van der Waals surface area contributed by atoms with Crippen LogP contribution in [0, 0.1) is 0 Å². The van der Waals surface area contributed by atoms with E-state index < -0.39 is 18.4 Å². The van der Waals surface area contributed by atoms with E-state index in [2.05, 4.69) is 65.8 Å². The normalized spacial score (nSPS) is 13.4. The maximum Gasteiger partial charge on any atom is 0.510 e. The minimum atomic E-state index is -0.715. The molecule has 0 radical (unpaired) electrons. The maximum atomic E-state index is 13.4. The van der Waals surface area contributed by atoms with E-state index in [-0.39, 0.29) is 10.8 Å². The number of carbonyl (C=O) groups is 1. The highest BCUT2D eigenvalue weighted by Gasteiger charge is 2.26. The van der Waals surface area contributed by atoms with Gasteiger partial charge in [0.1, 0.15) is 0 Å². The molecule has 196 valence electrons. The molecule has 4 aromatic rings. The fourth-order valence-corrected chi connectivity index (χ4v) is 4.45. The Kier molecular flexibility index (Phi) is 8.06. The van der Waals surface area contributed by atoms with Gasteiger partial charge in [-0.15, -0.1) is 0 Å². The van der Waals surface area contributed by atoms with E-state index in [9.17, 15) is 4.79 Å². The molecule has 2 unspecified atom stereocenters. The second kappa shape index (κ2) is 11.3. The van der Waals surface area contributed by atoms with Crippen LogP contribution in [0.15, 0.2) is 109 Å². The molecule has 0 aliphatic rings. The van der Waals surface area contributed by atoms with Gasteiger partial charge < -0.3 is 9.47 Å². The molecule has 0 spiro atoms. The molecule has 0 saturated carbocycles. The van der Waals surface area contributed by atoms with Gasteiger partial charge in [0.15, 0.2) is 12.2 Å². The van der Waals surface area contributed by atoms with Crippen LogP contribution in [-0.4, -0.2) is 6.16 Å². The third kappa shape index (κ3) is 6.72. The van der Waals surface area contributed by atoms with Crippen LogP contribution in [0.1, 0.15) is 87.1 Å². The van der Waals surface area contributed by atoms with E-state index in [4.69, 9.17) is 9.47 Å². The van der Waals surface area contributed by atoms with Gasteiger partial charge in [-0.1, -0.05) is 151 Å². The summed E-state index contributed by atoms with van der Waals surface area (Å²) in [6, 6.07) is 36.1. The fraction of sp³-hybridized carbons (Fsp3) is 0.286. The Hall–Kier alpha value is -3.85. The Bertz CT molecular complexity index is 1210. The van der Waals surface area contributed by atoms with Gasteiger partial charge >= 0.3 is 6.16 Å². The maximum absolute atomic E-state index is 13.4. The van der Waals surface area contributed by atoms with Gasteiger partial charge in [0.2, 0.25) is 0 Å². The second-order valence-corrected chi connectivity index (χ2v) is 11.8. The Balaban J connectivity index is 1.62. The zero-order valence-electron chi connectivity index (χ0n) is 23.3. The SMILES string of the molecule is CC(C)(C)c1ccc(C(OC(=O)OC(c2ccccc2)c2ccc(C(C)(C)C)cc2)c2ccccc2)cc1. The lowest BCUT2D eigenvalue weighted by Gasteiger charge is -2.24. The van der Waals surface area contributed by atoms with Crippen LogP contribution in [0.25, 0.3) is 0 Å². The Labute approximate surface area is 227 Å². The summed E-state index contributed by atoms with van der Waals surface area (Å²) in [5.74, 6) is 0. The lowest BCUT2D eigenvalue weighted by atomic mass is 9.86. The monoisotopic (exact) mass is 506 g/mol. The molecular formula is C35H38O3. The third-order valence-corrected chi connectivity index (χ3v) is 6.79. The summed E-state index contributed by atoms with van der Waals surface area (Å²) in [4.78, 5) is 13.4. The second-order valence-electron chi connectivity index (χ2n) is 11.8. The Morgan fingerprint density at radius 2 is 0.763 bits per heavy atom. The molecule has 0 fully saturated rings. The van der Waals surface area contributed by atoms with Crippen molar-refractivity contribution in [1.82, 2.24) is 0 Å². The summed E-state index contributed by atoms with van der Waals surface area (Å²) in [5, 5.41) is 0. The van der Waals surface area contributed by atoms with Gasteiger partial charge in [0.05, 0.1) is 0 Å². The summed E-state index contributed by atoms with van der Waals surface area (Å²) in [6.45, 7) is 13.1. The van der Waals surface area contributed by atoms with E-state index in [0.717, 1.165) is 22.3 Å². The molecule has 0 aliphatic heterocycles. The largest absolute Gasteiger partial charge is 0.510 e. The Morgan fingerprint density at radius 1 is 0.474 bits per heavy atom. The molecule has 3 nitrogen and oxygen atoms in total. The molecule has 0 bridgehead atoms. The summed E-state index contributed by atoms with van der Waals surface area (Å²) >= 11 is 0. The van der Waals surface area contributed by atoms with Crippen LogP contribution in [0.4, 0.5) is 4.79 Å². The van der Waals surface area contributed by atoms with Crippen molar-refractivity contribution in [3.8, 4) is 0 Å². The van der Waals surface area contributed by atoms with Crippen LogP contribution in [0.5, 0.6) is 0 Å². The number of rotatable bonds is 6. The van der Waals surface area contributed by atoms with E-state index in [1.165, 1.54) is 11.1 Å². The number of hydrogen-bond donors (Lipinski definition) is 0. The number of hydrogen-bond acceptors (Lipinski definition) is 3. The molecule has 0 saturated heterocycles. The fourth-order valence-electron chi connectivity index (χ4n) is 4.45. The molecule has 0 heterocycles. The molecule has 0 N–H and O–H groups in total. The topological polar surface area (TPSA) is 35.5 Å². The average molecular weight is 507 g/mol. The molecule has 0 aliphatic carbocycles. The minimum absolute atomic E-state index is 0.0337. The first-order chi connectivity index (χ1) is 18.0. The van der Waals surface area contributed by atoms with Crippen LogP contribution in [-0.2, 0) is 20.3 Å². The molecule has 38 heavy (non-hydrogen) atoms. The van der Waals surface area contributed by atoms with Gasteiger partial charge in [-0.2, -0.15) is 0 Å². The van der Waals surface area contributed by atoms with Crippen LogP contribution in [0.3, 0.4) is 0 Å². The molecule has 2 atom stereocenters. The van der Waals surface area contributed by atoms with Crippen molar-refractivity contribution < 1.29 is 14.3 Å². The van der Waals surface area contributed by atoms with E-state index in [1.54, 1.807) is 0 Å². The zero-order chi connectivity index (χ0) is 27.3. The summed E-state index contributed by atoms with van der Waals surface area (Å²) in [6.07, 6.45) is -1.89. The van der Waals surface area contributed by atoms with Crippen molar-refractivity contribution in [2.24, 2.45) is 0 Å². The predicted molar refractivity (Wildman–Crippen MR) is 154 cm³/mol. The Morgan fingerprint density at radius 3 is 1.05 bits per heavy atom. The van der Waals surface area contributed by atoms with Gasteiger partial charge in [-0.25, -0.2) is 4.79 Å². The predicted octanol–water partition coefficient (Wildman–Crippen LogP) is 9.31. The highest BCUT2D eigenvalue weighted by atomic mass is 16.7. The van der Waals surface area contributed by atoms with Gasteiger partial charge in [-0.05, 0) is 44.2 Å². The number of benzene rings is 4. The van der Waals surface area contributed by atoms with Gasteiger partial charge in [-0.3, -0.25) is 0 Å². The molecule has 4 rings (SSSR count). The van der Waals surface area contributed by atoms with Crippen molar-refractivity contribution in [2.45, 2.75) is 64.6 Å². The third-order valence-electron chi connectivity index (χ3n) is 6.79. The minimum Gasteiger partial charge on any atom is -0.421 e. The van der Waals surface area contributed by atoms with E-state index in [0.29, 0.717) is 0 Å². The number of carbonyl (C=O) groups excluding carboxylic acids is 1. The van der Waals surface area contributed by atoms with Crippen LogP contribution < -0.4 is 0 Å². The zero-order valence-corrected chi connectivity index (χ0v) is 23.3. The van der Waals surface area contributed by atoms with E-state index >= 15 is 0 Å². The summed E-state index contributed by atoms with van der Waals surface area (Å²) in [7, 11) is 0. The van der Waals surface area contributed by atoms with E-state index in [1.807, 2.05) is 84.9 Å². The van der Waals surface area contributed by atoms with Crippen molar-refractivity contribution >= 4 is 6.16 Å². The molecule has 4 aromatic carbocycles. The van der Waals surface area contributed by atoms with Crippen LogP contribution in [0.2, 0.25) is 0 Å². The molecule has 3 heteroatoms. The van der Waals surface area contributed by atoms with Gasteiger partial charge in [0, 0.05) is 0 Å². The van der Waals surface area contributed by atoms with Gasteiger partial charge in [0.25, 0.3) is 0 Å². The summed E-state index contributed by atoms with van der Waals surface area (Å²) < 4.78 is 12.1. The first kappa shape index (κ1) is 27.2. The quantitative estimate of drug-likeness (QED) is 0.244. The highest BCUT2D eigenvalue weighted by molar-refractivity contribution is 5.62.